The molecule has 0 radical (unpaired) electrons. The Bertz CT molecular complexity index is 745. The number of anilines is 2. The molecule has 2 aromatic carbocycles. The van der Waals surface area contributed by atoms with E-state index in [-0.39, 0.29) is 5.69 Å². The molecule has 0 spiro atoms. The number of methoxy groups -OCH3 is 2. The SMILES string of the molecule is C/C=C(/Oc1ccc(N)c(F)c1)c1cc(OC)c(OC)cc1N. The zero-order valence-electron chi connectivity index (χ0n) is 13.2. The fourth-order valence-electron chi connectivity index (χ4n) is 2.08. The highest BCUT2D eigenvalue weighted by molar-refractivity contribution is 5.75. The van der Waals surface area contributed by atoms with Crippen LogP contribution in [0.5, 0.6) is 17.2 Å². The van der Waals surface area contributed by atoms with E-state index in [1.165, 1.54) is 26.4 Å². The van der Waals surface area contributed by atoms with Crippen molar-refractivity contribution in [2.75, 3.05) is 25.7 Å². The molecular weight excluding hydrogens is 299 g/mol. The zero-order chi connectivity index (χ0) is 17.0. The van der Waals surface area contributed by atoms with Crippen LogP contribution in [0.4, 0.5) is 15.8 Å². The number of ether oxygens (including phenoxy) is 3. The molecule has 5 nitrogen and oxygen atoms in total. The molecular formula is C17H19FN2O3. The van der Waals surface area contributed by atoms with E-state index >= 15 is 0 Å². The highest BCUT2D eigenvalue weighted by Gasteiger charge is 2.14. The predicted molar refractivity (Wildman–Crippen MR) is 89.0 cm³/mol. The Balaban J connectivity index is 2.39. The van der Waals surface area contributed by atoms with Gasteiger partial charge in [0.25, 0.3) is 0 Å². The van der Waals surface area contributed by atoms with Gasteiger partial charge in [0.05, 0.1) is 19.9 Å². The lowest BCUT2D eigenvalue weighted by Gasteiger charge is -2.15. The summed E-state index contributed by atoms with van der Waals surface area (Å²) < 4.78 is 29.8. The van der Waals surface area contributed by atoms with Gasteiger partial charge in [-0.25, -0.2) is 4.39 Å². The molecule has 0 aliphatic rings. The van der Waals surface area contributed by atoms with Gasteiger partial charge in [-0.2, -0.15) is 0 Å². The highest BCUT2D eigenvalue weighted by Crippen LogP contribution is 2.36. The van der Waals surface area contributed by atoms with Gasteiger partial charge in [-0.15, -0.1) is 0 Å². The number of benzene rings is 2. The minimum atomic E-state index is -0.543. The van der Waals surface area contributed by atoms with Crippen LogP contribution < -0.4 is 25.7 Å². The van der Waals surface area contributed by atoms with Crippen molar-refractivity contribution in [1.29, 1.82) is 0 Å². The van der Waals surface area contributed by atoms with Crippen molar-refractivity contribution in [1.82, 2.24) is 0 Å². The van der Waals surface area contributed by atoms with E-state index in [0.29, 0.717) is 34.3 Å². The number of nitrogens with two attached hydrogens (primary N) is 2. The molecule has 0 aliphatic carbocycles. The summed E-state index contributed by atoms with van der Waals surface area (Å²) in [7, 11) is 3.06. The molecule has 0 aromatic heterocycles. The van der Waals surface area contributed by atoms with E-state index < -0.39 is 5.82 Å². The lowest BCUT2D eigenvalue weighted by atomic mass is 10.1. The summed E-state index contributed by atoms with van der Waals surface area (Å²) in [5, 5.41) is 0. The number of allylic oxidation sites excluding steroid dienone is 1. The molecule has 0 heterocycles. The van der Waals surface area contributed by atoms with Crippen LogP contribution in [0.15, 0.2) is 36.4 Å². The quantitative estimate of drug-likeness (QED) is 0.652. The average molecular weight is 318 g/mol. The molecule has 0 saturated carbocycles. The Morgan fingerprint density at radius 3 is 2.22 bits per heavy atom. The van der Waals surface area contributed by atoms with Crippen LogP contribution in [0, 0.1) is 5.82 Å². The maximum atomic E-state index is 13.5. The molecule has 122 valence electrons. The Hall–Kier alpha value is -2.89. The first-order chi connectivity index (χ1) is 11.0. The van der Waals surface area contributed by atoms with Gasteiger partial charge >= 0.3 is 0 Å². The third kappa shape index (κ3) is 3.48. The van der Waals surface area contributed by atoms with Crippen LogP contribution in [-0.4, -0.2) is 14.2 Å². The first kappa shape index (κ1) is 16.5. The van der Waals surface area contributed by atoms with Crippen molar-refractivity contribution >= 4 is 17.1 Å². The number of hydrogen-bond donors (Lipinski definition) is 2. The first-order valence-electron chi connectivity index (χ1n) is 6.91. The van der Waals surface area contributed by atoms with Crippen molar-refractivity contribution in [2.45, 2.75) is 6.92 Å². The molecule has 0 atom stereocenters. The third-order valence-corrected chi connectivity index (χ3v) is 3.28. The van der Waals surface area contributed by atoms with E-state index in [4.69, 9.17) is 25.7 Å². The Kier molecular flexibility index (Phi) is 4.95. The standard InChI is InChI=1S/C17H19FN2O3/c1-4-15(23-10-5-6-13(19)12(18)7-10)11-8-16(21-2)17(22-3)9-14(11)20/h4-9H,19-20H2,1-3H3/b15-4+. The lowest BCUT2D eigenvalue weighted by Crippen LogP contribution is -2.02. The molecule has 23 heavy (non-hydrogen) atoms. The fraction of sp³-hybridized carbons (Fsp3) is 0.176. The summed E-state index contributed by atoms with van der Waals surface area (Å²) in [6, 6.07) is 7.59. The number of nitrogen functional groups attached to an aromatic ring is 2. The van der Waals surface area contributed by atoms with E-state index in [2.05, 4.69) is 0 Å². The predicted octanol–water partition coefficient (Wildman–Crippen LogP) is 3.45. The molecule has 0 fully saturated rings. The second-order valence-corrected chi connectivity index (χ2v) is 4.73. The minimum absolute atomic E-state index is 0.0602. The Labute approximate surface area is 134 Å². The van der Waals surface area contributed by atoms with E-state index in [1.54, 1.807) is 31.2 Å². The molecule has 0 aliphatic heterocycles. The number of rotatable bonds is 5. The van der Waals surface area contributed by atoms with Crippen LogP contribution >= 0.6 is 0 Å². The lowest BCUT2D eigenvalue weighted by molar-refractivity contribution is 0.355. The second kappa shape index (κ2) is 6.91. The maximum absolute atomic E-state index is 13.5. The van der Waals surface area contributed by atoms with Gasteiger partial charge in [-0.1, -0.05) is 0 Å². The first-order valence-corrected chi connectivity index (χ1v) is 6.91. The zero-order valence-corrected chi connectivity index (χ0v) is 13.2. The smallest absolute Gasteiger partial charge is 0.162 e. The average Bonchev–Trinajstić information content (AvgIpc) is 2.55. The summed E-state index contributed by atoms with van der Waals surface area (Å²) >= 11 is 0. The van der Waals surface area contributed by atoms with Crippen molar-refractivity contribution in [2.24, 2.45) is 0 Å². The Morgan fingerprint density at radius 2 is 1.65 bits per heavy atom. The van der Waals surface area contributed by atoms with E-state index in [1.807, 2.05) is 0 Å². The van der Waals surface area contributed by atoms with E-state index in [9.17, 15) is 4.39 Å². The van der Waals surface area contributed by atoms with Gasteiger partial charge < -0.3 is 25.7 Å². The minimum Gasteiger partial charge on any atom is -0.493 e. The van der Waals surface area contributed by atoms with Crippen LogP contribution in [0.3, 0.4) is 0 Å². The van der Waals surface area contributed by atoms with Crippen LogP contribution in [0.1, 0.15) is 12.5 Å². The number of halogens is 1. The van der Waals surface area contributed by atoms with Gasteiger partial charge in [0, 0.05) is 23.4 Å². The molecule has 2 aromatic rings. The largest absolute Gasteiger partial charge is 0.493 e. The van der Waals surface area contributed by atoms with Crippen molar-refractivity contribution in [3.63, 3.8) is 0 Å². The molecule has 6 heteroatoms. The second-order valence-electron chi connectivity index (χ2n) is 4.73. The summed E-state index contributed by atoms with van der Waals surface area (Å²) in [6.07, 6.45) is 1.73. The van der Waals surface area contributed by atoms with Gasteiger partial charge in [0.2, 0.25) is 0 Å². The molecule has 4 N–H and O–H groups in total. The molecule has 0 bridgehead atoms. The van der Waals surface area contributed by atoms with Crippen molar-refractivity contribution in [3.05, 3.63) is 47.8 Å². The van der Waals surface area contributed by atoms with Crippen LogP contribution in [-0.2, 0) is 0 Å². The van der Waals surface area contributed by atoms with Crippen molar-refractivity contribution < 1.29 is 18.6 Å². The number of hydrogen-bond acceptors (Lipinski definition) is 5. The van der Waals surface area contributed by atoms with Crippen LogP contribution in [0.25, 0.3) is 5.76 Å². The Morgan fingerprint density at radius 1 is 1.00 bits per heavy atom. The maximum Gasteiger partial charge on any atom is 0.162 e. The van der Waals surface area contributed by atoms with Gasteiger partial charge in [0.1, 0.15) is 17.3 Å². The van der Waals surface area contributed by atoms with Gasteiger partial charge in [0.15, 0.2) is 11.5 Å². The highest BCUT2D eigenvalue weighted by atomic mass is 19.1. The summed E-state index contributed by atoms with van der Waals surface area (Å²) in [4.78, 5) is 0. The normalized spacial score (nSPS) is 11.2. The molecule has 0 amide bonds. The van der Waals surface area contributed by atoms with Crippen molar-refractivity contribution in [3.8, 4) is 17.2 Å². The van der Waals surface area contributed by atoms with Gasteiger partial charge in [-0.3, -0.25) is 0 Å². The molecule has 0 saturated heterocycles. The summed E-state index contributed by atoms with van der Waals surface area (Å²) in [5.41, 5.74) is 12.6. The molecule has 0 unspecified atom stereocenters. The summed E-state index contributed by atoms with van der Waals surface area (Å²) in [5.74, 6) is 1.27. The third-order valence-electron chi connectivity index (χ3n) is 3.28. The van der Waals surface area contributed by atoms with Gasteiger partial charge in [-0.05, 0) is 31.2 Å². The van der Waals surface area contributed by atoms with E-state index in [0.717, 1.165) is 0 Å². The summed E-state index contributed by atoms with van der Waals surface area (Å²) in [6.45, 7) is 1.79. The van der Waals surface area contributed by atoms with Crippen LogP contribution in [0.2, 0.25) is 0 Å². The fourth-order valence-corrected chi connectivity index (χ4v) is 2.08. The molecule has 2 rings (SSSR count). The topological polar surface area (TPSA) is 79.7 Å². The monoisotopic (exact) mass is 318 g/mol.